The molecule has 3 aromatic heterocycles. The molecule has 4 aromatic rings. The highest BCUT2D eigenvalue weighted by Crippen LogP contribution is 2.43. The van der Waals surface area contributed by atoms with Crippen LogP contribution in [-0.4, -0.2) is 68.7 Å². The average Bonchev–Trinajstić information content (AvgIpc) is 3.19. The fourth-order valence-electron chi connectivity index (χ4n) is 5.18. The van der Waals surface area contributed by atoms with Gasteiger partial charge in [-0.15, -0.1) is 5.10 Å². The summed E-state index contributed by atoms with van der Waals surface area (Å²) in [4.78, 5) is 13.7. The minimum Gasteiger partial charge on any atom is -0.390 e. The van der Waals surface area contributed by atoms with Crippen LogP contribution in [0.4, 0.5) is 5.82 Å². The quantitative estimate of drug-likeness (QED) is 0.232. The molecule has 0 spiro atoms. The Morgan fingerprint density at radius 3 is 2.75 bits per heavy atom. The van der Waals surface area contributed by atoms with Crippen LogP contribution in [-0.2, 0) is 6.54 Å². The molecule has 2 aliphatic rings. The smallest absolute Gasteiger partial charge is 0.191 e. The fourth-order valence-corrected chi connectivity index (χ4v) is 5.87. The molecule has 36 heavy (non-hydrogen) atoms. The molecule has 10 nitrogen and oxygen atoms in total. The maximum absolute atomic E-state index is 11.0. The largest absolute Gasteiger partial charge is 0.390 e. The molecule has 3 N–H and O–H groups in total. The number of fused-ring (bicyclic) bond motifs is 1. The third-order valence-corrected chi connectivity index (χ3v) is 8.22. The lowest BCUT2D eigenvalue weighted by atomic mass is 10.1. The maximum Gasteiger partial charge on any atom is 0.191 e. The van der Waals surface area contributed by atoms with Gasteiger partial charge in [0.15, 0.2) is 22.1 Å². The zero-order valence-corrected chi connectivity index (χ0v) is 20.9. The van der Waals surface area contributed by atoms with E-state index in [-0.39, 0.29) is 12.0 Å². The molecule has 6 rings (SSSR count). The van der Waals surface area contributed by atoms with Gasteiger partial charge in [-0.3, -0.25) is 0 Å². The number of rotatable bonds is 9. The molecule has 2 saturated carbocycles. The van der Waals surface area contributed by atoms with Crippen molar-refractivity contribution >= 4 is 28.7 Å². The number of nitrogens with one attached hydrogen (secondary N) is 1. The predicted octanol–water partition coefficient (Wildman–Crippen LogP) is 2.87. The van der Waals surface area contributed by atoms with Gasteiger partial charge in [0, 0.05) is 42.6 Å². The van der Waals surface area contributed by atoms with E-state index in [0.717, 1.165) is 18.6 Å². The molecule has 0 aliphatic heterocycles. The van der Waals surface area contributed by atoms with Gasteiger partial charge in [-0.2, -0.15) is 0 Å². The Hall–Kier alpha value is -3.02. The van der Waals surface area contributed by atoms with E-state index in [1.165, 1.54) is 5.56 Å². The van der Waals surface area contributed by atoms with Crippen LogP contribution in [0, 0.1) is 5.92 Å². The number of hydrogen-bond donors (Lipinski definition) is 3. The van der Waals surface area contributed by atoms with Gasteiger partial charge in [0.25, 0.3) is 0 Å². The number of benzene rings is 1. The van der Waals surface area contributed by atoms with Crippen LogP contribution in [0.2, 0.25) is 0 Å². The summed E-state index contributed by atoms with van der Waals surface area (Å²) >= 11 is 1.60. The van der Waals surface area contributed by atoms with Crippen LogP contribution >= 0.6 is 11.8 Å². The van der Waals surface area contributed by atoms with Crippen molar-refractivity contribution in [1.29, 1.82) is 0 Å². The van der Waals surface area contributed by atoms with Gasteiger partial charge in [0.2, 0.25) is 0 Å². The molecular weight excluding hydrogens is 476 g/mol. The van der Waals surface area contributed by atoms with E-state index < -0.39 is 18.2 Å². The van der Waals surface area contributed by atoms with Crippen molar-refractivity contribution in [2.75, 3.05) is 11.1 Å². The van der Waals surface area contributed by atoms with E-state index in [4.69, 9.17) is 9.97 Å². The third kappa shape index (κ3) is 4.46. The lowest BCUT2D eigenvalue weighted by Crippen LogP contribution is -2.31. The van der Waals surface area contributed by atoms with Crippen molar-refractivity contribution < 1.29 is 10.2 Å². The van der Waals surface area contributed by atoms with Crippen LogP contribution in [0.3, 0.4) is 0 Å². The molecular formula is C25H30N8O2S. The van der Waals surface area contributed by atoms with Crippen molar-refractivity contribution in [3.8, 4) is 0 Å². The van der Waals surface area contributed by atoms with Crippen molar-refractivity contribution in [3.05, 3.63) is 54.6 Å². The monoisotopic (exact) mass is 506 g/mol. The number of thioether (sulfide) groups is 1. The van der Waals surface area contributed by atoms with Crippen molar-refractivity contribution in [1.82, 2.24) is 34.5 Å². The number of aromatic nitrogens is 7. The summed E-state index contributed by atoms with van der Waals surface area (Å²) in [6.45, 7) is 2.70. The number of hydrogen-bond acceptors (Lipinski definition) is 9. The molecule has 2 unspecified atom stereocenters. The number of anilines is 1. The molecule has 0 amide bonds. The normalized spacial score (nSPS) is 27.5. The summed E-state index contributed by atoms with van der Waals surface area (Å²) in [5.41, 5.74) is 2.49. The first-order valence-corrected chi connectivity index (χ1v) is 13.5. The Kier molecular flexibility index (Phi) is 6.36. The second-order valence-electron chi connectivity index (χ2n) is 9.72. The van der Waals surface area contributed by atoms with Crippen molar-refractivity contribution in [3.63, 3.8) is 0 Å². The SMILES string of the molecule is CCCSc1nc(NC2CC2c2ccccc2)c2nnn([C@@H]3C[C@H](Cn4ccnc4)[C@@H](O)[C@H]3O)c2n1. The summed E-state index contributed by atoms with van der Waals surface area (Å²) < 4.78 is 3.60. The number of nitrogens with zero attached hydrogens (tertiary/aromatic N) is 7. The standard InChI is InChI=1S/C25H30N8O2S/c1-2-10-36-25-28-23(27-18-12-17(18)15-6-4-3-5-7-15)20-24(29-25)33(31-30-20)19-11-16(21(34)22(19)35)13-32-9-8-26-14-32/h3-9,14,16-19,21-22,34-35H,2,10-13H2,1H3,(H,27,28,29)/t16-,17?,18?,19-,21-,22+/m1/s1. The topological polar surface area (TPSA) is 127 Å². The molecule has 2 aliphatic carbocycles. The summed E-state index contributed by atoms with van der Waals surface area (Å²) in [6.07, 6.45) is 6.06. The van der Waals surface area contributed by atoms with Crippen molar-refractivity contribution in [2.45, 2.75) is 68.1 Å². The molecule has 1 aromatic carbocycles. The zero-order chi connectivity index (χ0) is 24.6. The average molecular weight is 507 g/mol. The molecule has 11 heteroatoms. The van der Waals surface area contributed by atoms with Crippen molar-refractivity contribution in [2.24, 2.45) is 5.92 Å². The van der Waals surface area contributed by atoms with Gasteiger partial charge in [0.05, 0.1) is 18.5 Å². The second kappa shape index (κ2) is 9.79. The Bertz CT molecular complexity index is 1310. The van der Waals surface area contributed by atoms with Crippen LogP contribution < -0.4 is 5.32 Å². The molecule has 3 heterocycles. The molecule has 0 radical (unpaired) electrons. The Balaban J connectivity index is 1.29. The number of imidazole rings is 1. The van der Waals surface area contributed by atoms with Crippen LogP contribution in [0.15, 0.2) is 54.2 Å². The van der Waals surface area contributed by atoms with Crippen LogP contribution in [0.1, 0.15) is 43.7 Å². The predicted molar refractivity (Wildman–Crippen MR) is 137 cm³/mol. The van der Waals surface area contributed by atoms with E-state index in [1.807, 2.05) is 16.8 Å². The van der Waals surface area contributed by atoms with Gasteiger partial charge < -0.3 is 20.1 Å². The Morgan fingerprint density at radius 1 is 1.11 bits per heavy atom. The van der Waals surface area contributed by atoms with Gasteiger partial charge in [-0.1, -0.05) is 54.2 Å². The van der Waals surface area contributed by atoms with Crippen LogP contribution in [0.5, 0.6) is 0 Å². The molecule has 0 saturated heterocycles. The summed E-state index contributed by atoms with van der Waals surface area (Å²) in [6, 6.07) is 10.3. The minimum atomic E-state index is -0.965. The fraction of sp³-hybridized carbons (Fsp3) is 0.480. The minimum absolute atomic E-state index is 0.134. The molecule has 0 bridgehead atoms. The lowest BCUT2D eigenvalue weighted by Gasteiger charge is -2.17. The van der Waals surface area contributed by atoms with E-state index in [1.54, 1.807) is 29.0 Å². The summed E-state index contributed by atoms with van der Waals surface area (Å²) in [7, 11) is 0. The lowest BCUT2D eigenvalue weighted by molar-refractivity contribution is 0.00213. The van der Waals surface area contributed by atoms with Gasteiger partial charge >= 0.3 is 0 Å². The first-order valence-electron chi connectivity index (χ1n) is 12.5. The number of aliphatic hydroxyl groups is 2. The third-order valence-electron chi connectivity index (χ3n) is 7.17. The summed E-state index contributed by atoms with van der Waals surface area (Å²) in [5, 5.41) is 34.8. The highest BCUT2D eigenvalue weighted by Gasteiger charge is 2.44. The van der Waals surface area contributed by atoms with E-state index in [2.05, 4.69) is 51.8 Å². The van der Waals surface area contributed by atoms with Gasteiger partial charge in [-0.05, 0) is 24.8 Å². The Morgan fingerprint density at radius 2 is 1.97 bits per heavy atom. The number of aliphatic hydroxyl groups excluding tert-OH is 2. The zero-order valence-electron chi connectivity index (χ0n) is 20.1. The molecule has 188 valence electrons. The highest BCUT2D eigenvalue weighted by atomic mass is 32.2. The second-order valence-corrected chi connectivity index (χ2v) is 10.8. The van der Waals surface area contributed by atoms with Gasteiger partial charge in [0.1, 0.15) is 6.10 Å². The maximum atomic E-state index is 11.0. The van der Waals surface area contributed by atoms with Gasteiger partial charge in [-0.25, -0.2) is 19.6 Å². The Labute approximate surface area is 213 Å². The van der Waals surface area contributed by atoms with Crippen LogP contribution in [0.25, 0.3) is 11.2 Å². The van der Waals surface area contributed by atoms with E-state index in [9.17, 15) is 10.2 Å². The molecule has 2 fully saturated rings. The first-order chi connectivity index (χ1) is 17.6. The van der Waals surface area contributed by atoms with E-state index >= 15 is 0 Å². The summed E-state index contributed by atoms with van der Waals surface area (Å²) in [5.74, 6) is 1.88. The van der Waals surface area contributed by atoms with E-state index in [0.29, 0.717) is 41.0 Å². The highest BCUT2D eigenvalue weighted by molar-refractivity contribution is 7.99. The molecule has 6 atom stereocenters. The first kappa shape index (κ1) is 23.4.